The summed E-state index contributed by atoms with van der Waals surface area (Å²) in [5, 5.41) is 2.32. The Labute approximate surface area is 159 Å². The largest absolute Gasteiger partial charge is 0.427 e. The van der Waals surface area contributed by atoms with Crippen molar-refractivity contribution in [3.05, 3.63) is 61.8 Å². The summed E-state index contributed by atoms with van der Waals surface area (Å²) >= 11 is 0. The van der Waals surface area contributed by atoms with Crippen LogP contribution in [-0.4, -0.2) is 27.3 Å². The van der Waals surface area contributed by atoms with Gasteiger partial charge < -0.3 is 5.32 Å². The number of hydrogen-bond acceptors (Lipinski definition) is 4. The Morgan fingerprint density at radius 2 is 1.59 bits per heavy atom. The highest BCUT2D eigenvalue weighted by atomic mass is 19.4. The van der Waals surface area contributed by atoms with Gasteiger partial charge >= 0.3 is 18.0 Å². The first-order valence-corrected chi connectivity index (χ1v) is 8.10. The van der Waals surface area contributed by atoms with Gasteiger partial charge in [0.2, 0.25) is 0 Å². The van der Waals surface area contributed by atoms with Gasteiger partial charge in [0.1, 0.15) is 17.2 Å². The number of amidine groups is 1. The molecule has 29 heavy (non-hydrogen) atoms. The first-order valence-electron chi connectivity index (χ1n) is 8.10. The van der Waals surface area contributed by atoms with Gasteiger partial charge in [-0.3, -0.25) is 13.9 Å². The highest BCUT2D eigenvalue weighted by Gasteiger charge is 2.75. The summed E-state index contributed by atoms with van der Waals surface area (Å²) in [6, 6.07) is 5.61. The van der Waals surface area contributed by atoms with Gasteiger partial charge in [-0.05, 0) is 13.0 Å². The second-order valence-electron chi connectivity index (χ2n) is 6.59. The zero-order valence-electron chi connectivity index (χ0n) is 15.2. The molecule has 0 amide bonds. The van der Waals surface area contributed by atoms with Crippen LogP contribution < -0.4 is 16.6 Å². The molecule has 0 spiro atoms. The van der Waals surface area contributed by atoms with Crippen molar-refractivity contribution in [3.63, 3.8) is 0 Å². The normalized spacial score (nSPS) is 16.1. The van der Waals surface area contributed by atoms with Gasteiger partial charge in [0.25, 0.3) is 11.1 Å². The van der Waals surface area contributed by atoms with E-state index in [4.69, 9.17) is 0 Å². The molecule has 1 aromatic carbocycles. The summed E-state index contributed by atoms with van der Waals surface area (Å²) in [5.74, 6) is -1.68. The number of fused-ring (bicyclic) bond motifs is 1. The van der Waals surface area contributed by atoms with Crippen molar-refractivity contribution in [2.24, 2.45) is 19.1 Å². The predicted octanol–water partition coefficient (Wildman–Crippen LogP) is 2.58. The third-order valence-corrected chi connectivity index (χ3v) is 4.65. The lowest BCUT2D eigenvalue weighted by Gasteiger charge is -2.38. The maximum atomic E-state index is 14.0. The van der Waals surface area contributed by atoms with E-state index in [0.29, 0.717) is 10.1 Å². The number of aromatic nitrogens is 2. The molecule has 0 aliphatic carbocycles. The molecule has 2 heterocycles. The number of nitrogens with zero attached hydrogens (tertiary/aromatic N) is 3. The standard InChI is InChI=1S/C17H14F6N4O2/c1-8-5-4-6-9(7-8)11-24-12-10(13(28)27(3)14(29)26(12)2)15(25-11,16(18,19)20)17(21,22)23/h4-7H,1-3H3,(H,24,25). The van der Waals surface area contributed by atoms with E-state index in [2.05, 4.69) is 10.3 Å². The summed E-state index contributed by atoms with van der Waals surface area (Å²) in [7, 11) is 1.76. The molecular formula is C17H14F6N4O2. The Kier molecular flexibility index (Phi) is 4.44. The first-order chi connectivity index (χ1) is 13.2. The van der Waals surface area contributed by atoms with Crippen molar-refractivity contribution in [1.82, 2.24) is 9.13 Å². The van der Waals surface area contributed by atoms with Crippen LogP contribution in [0, 0.1) is 6.92 Å². The Bertz CT molecular complexity index is 1130. The monoisotopic (exact) mass is 420 g/mol. The smallest absolute Gasteiger partial charge is 0.326 e. The topological polar surface area (TPSA) is 68.4 Å². The maximum absolute atomic E-state index is 14.0. The van der Waals surface area contributed by atoms with Gasteiger partial charge in [-0.15, -0.1) is 0 Å². The lowest BCUT2D eigenvalue weighted by molar-refractivity contribution is -0.301. The number of aliphatic imine (C=N–C) groups is 1. The molecule has 0 saturated heterocycles. The van der Waals surface area contributed by atoms with Crippen LogP contribution in [0.25, 0.3) is 0 Å². The van der Waals surface area contributed by atoms with Crippen LogP contribution in [0.15, 0.2) is 38.8 Å². The van der Waals surface area contributed by atoms with E-state index in [1.54, 1.807) is 13.0 Å². The van der Waals surface area contributed by atoms with E-state index in [1.807, 2.05) is 0 Å². The average Bonchev–Trinajstić information content (AvgIpc) is 2.61. The SMILES string of the molecule is Cc1cccc(C2=NC(C(F)(F)F)(C(F)(F)F)c3c(n(C)c(=O)n(C)c3=O)N2)c1. The van der Waals surface area contributed by atoms with Crippen LogP contribution in [0.2, 0.25) is 0 Å². The van der Waals surface area contributed by atoms with Gasteiger partial charge in [-0.1, -0.05) is 23.8 Å². The Morgan fingerprint density at radius 1 is 1.00 bits per heavy atom. The molecule has 0 radical (unpaired) electrons. The minimum Gasteiger partial charge on any atom is -0.326 e. The lowest BCUT2D eigenvalue weighted by atomic mass is 9.87. The van der Waals surface area contributed by atoms with E-state index < -0.39 is 46.4 Å². The van der Waals surface area contributed by atoms with E-state index >= 15 is 0 Å². The van der Waals surface area contributed by atoms with Crippen molar-refractivity contribution >= 4 is 11.7 Å². The second kappa shape index (κ2) is 6.22. The third-order valence-electron chi connectivity index (χ3n) is 4.65. The zero-order chi connectivity index (χ0) is 21.9. The number of aryl methyl sites for hydroxylation is 1. The first kappa shape index (κ1) is 20.7. The number of halogens is 6. The van der Waals surface area contributed by atoms with Crippen molar-refractivity contribution in [2.75, 3.05) is 5.32 Å². The Hall–Kier alpha value is -3.05. The molecular weight excluding hydrogens is 406 g/mol. The fourth-order valence-corrected chi connectivity index (χ4v) is 3.18. The van der Waals surface area contributed by atoms with Crippen LogP contribution in [0.5, 0.6) is 0 Å². The van der Waals surface area contributed by atoms with Crippen LogP contribution in [0.3, 0.4) is 0 Å². The van der Waals surface area contributed by atoms with Crippen LogP contribution in [0.4, 0.5) is 32.2 Å². The highest BCUT2D eigenvalue weighted by molar-refractivity contribution is 6.09. The molecule has 1 aliphatic rings. The minimum atomic E-state index is -6.01. The maximum Gasteiger partial charge on any atom is 0.427 e. The van der Waals surface area contributed by atoms with Crippen molar-refractivity contribution in [3.8, 4) is 0 Å². The van der Waals surface area contributed by atoms with Crippen LogP contribution in [-0.2, 0) is 19.6 Å². The molecule has 156 valence electrons. The third kappa shape index (κ3) is 2.85. The van der Waals surface area contributed by atoms with Gasteiger partial charge in [0.15, 0.2) is 0 Å². The molecule has 12 heteroatoms. The summed E-state index contributed by atoms with van der Waals surface area (Å²) in [6.45, 7) is 1.59. The summed E-state index contributed by atoms with van der Waals surface area (Å²) in [5.41, 5.74) is -8.90. The Balaban J connectivity index is 2.54. The molecule has 3 rings (SSSR count). The zero-order valence-corrected chi connectivity index (χ0v) is 15.2. The Morgan fingerprint density at radius 3 is 2.10 bits per heavy atom. The quantitative estimate of drug-likeness (QED) is 0.722. The van der Waals surface area contributed by atoms with Gasteiger partial charge in [-0.2, -0.15) is 26.3 Å². The summed E-state index contributed by atoms with van der Waals surface area (Å²) < 4.78 is 84.7. The van der Waals surface area contributed by atoms with E-state index in [9.17, 15) is 35.9 Å². The minimum absolute atomic E-state index is 0.0679. The summed E-state index contributed by atoms with van der Waals surface area (Å²) in [6.07, 6.45) is -12.0. The number of nitrogens with one attached hydrogen (secondary N) is 1. The van der Waals surface area contributed by atoms with Crippen molar-refractivity contribution in [2.45, 2.75) is 24.8 Å². The van der Waals surface area contributed by atoms with E-state index in [0.717, 1.165) is 14.1 Å². The van der Waals surface area contributed by atoms with E-state index in [-0.39, 0.29) is 10.1 Å². The van der Waals surface area contributed by atoms with Crippen LogP contribution >= 0.6 is 0 Å². The molecule has 0 fully saturated rings. The second-order valence-corrected chi connectivity index (χ2v) is 6.59. The van der Waals surface area contributed by atoms with Gasteiger partial charge in [0, 0.05) is 19.7 Å². The molecule has 1 aliphatic heterocycles. The molecule has 0 saturated carbocycles. The number of rotatable bonds is 1. The van der Waals surface area contributed by atoms with Gasteiger partial charge in [0.05, 0.1) is 0 Å². The number of anilines is 1. The molecule has 0 bridgehead atoms. The number of benzene rings is 1. The molecule has 1 aromatic heterocycles. The lowest BCUT2D eigenvalue weighted by Crippen LogP contribution is -2.60. The summed E-state index contributed by atoms with van der Waals surface area (Å²) in [4.78, 5) is 27.6. The number of hydrogen-bond donors (Lipinski definition) is 1. The predicted molar refractivity (Wildman–Crippen MR) is 92.1 cm³/mol. The number of alkyl halides is 6. The fraction of sp³-hybridized carbons (Fsp3) is 0.353. The fourth-order valence-electron chi connectivity index (χ4n) is 3.18. The molecule has 6 nitrogen and oxygen atoms in total. The average molecular weight is 420 g/mol. The van der Waals surface area contributed by atoms with Crippen LogP contribution in [0.1, 0.15) is 16.7 Å². The molecule has 1 N–H and O–H groups in total. The molecule has 0 unspecified atom stereocenters. The highest BCUT2D eigenvalue weighted by Crippen LogP contribution is 2.55. The van der Waals surface area contributed by atoms with Gasteiger partial charge in [-0.25, -0.2) is 9.79 Å². The van der Waals surface area contributed by atoms with Crippen molar-refractivity contribution in [1.29, 1.82) is 0 Å². The van der Waals surface area contributed by atoms with E-state index in [1.165, 1.54) is 18.2 Å². The molecule has 0 atom stereocenters. The van der Waals surface area contributed by atoms with Crippen molar-refractivity contribution < 1.29 is 26.3 Å². The molecule has 2 aromatic rings.